The van der Waals surface area contributed by atoms with Crippen molar-refractivity contribution < 1.29 is 4.39 Å². The van der Waals surface area contributed by atoms with Gasteiger partial charge in [0.25, 0.3) is 0 Å². The zero-order valence-electron chi connectivity index (χ0n) is 19.2. The highest BCUT2D eigenvalue weighted by molar-refractivity contribution is 5.36. The number of benzene rings is 1. The first-order valence-electron chi connectivity index (χ1n) is 11.5. The van der Waals surface area contributed by atoms with Crippen molar-refractivity contribution >= 4 is 0 Å². The highest BCUT2D eigenvalue weighted by atomic mass is 19.1. The number of pyridine rings is 1. The molecule has 3 heterocycles. The lowest BCUT2D eigenvalue weighted by Gasteiger charge is -2.13. The van der Waals surface area contributed by atoms with E-state index in [1.54, 1.807) is 12.1 Å². The van der Waals surface area contributed by atoms with Crippen LogP contribution in [0.3, 0.4) is 0 Å². The van der Waals surface area contributed by atoms with Gasteiger partial charge in [-0.3, -0.25) is 0 Å². The average Bonchev–Trinajstić information content (AvgIpc) is 3.28. The Balaban J connectivity index is 1.45. The van der Waals surface area contributed by atoms with E-state index in [0.717, 1.165) is 60.8 Å². The van der Waals surface area contributed by atoms with Crippen LogP contribution in [0.1, 0.15) is 53.5 Å². The Kier molecular flexibility index (Phi) is 6.57. The van der Waals surface area contributed by atoms with Gasteiger partial charge in [0, 0.05) is 23.1 Å². The van der Waals surface area contributed by atoms with Crippen LogP contribution < -0.4 is 5.32 Å². The van der Waals surface area contributed by atoms with Gasteiger partial charge in [-0.2, -0.15) is 0 Å². The van der Waals surface area contributed by atoms with Crippen LogP contribution >= 0.6 is 0 Å². The van der Waals surface area contributed by atoms with Crippen molar-refractivity contribution in [2.75, 3.05) is 6.54 Å². The zero-order chi connectivity index (χ0) is 22.0. The Hall–Kier alpha value is -2.46. The maximum atomic E-state index is 14.3. The average molecular weight is 420 g/mol. The van der Waals surface area contributed by atoms with E-state index in [0.29, 0.717) is 6.04 Å². The predicted octanol–water partition coefficient (Wildman–Crippen LogP) is 5.65. The number of nitrogens with zero attached hydrogens (tertiary/aromatic N) is 2. The third kappa shape index (κ3) is 5.43. The van der Waals surface area contributed by atoms with E-state index in [1.165, 1.54) is 23.4 Å². The Morgan fingerprint density at radius 2 is 1.68 bits per heavy atom. The molecule has 0 bridgehead atoms. The van der Waals surface area contributed by atoms with Crippen LogP contribution in [0.2, 0.25) is 0 Å². The van der Waals surface area contributed by atoms with Crippen molar-refractivity contribution in [1.82, 2.24) is 14.9 Å². The second kappa shape index (κ2) is 9.35. The van der Waals surface area contributed by atoms with Gasteiger partial charge < -0.3 is 9.88 Å². The molecule has 2 atom stereocenters. The summed E-state index contributed by atoms with van der Waals surface area (Å²) in [5.74, 6) is 1.59. The van der Waals surface area contributed by atoms with E-state index in [2.05, 4.69) is 67.9 Å². The van der Waals surface area contributed by atoms with Gasteiger partial charge in [0.15, 0.2) is 0 Å². The minimum atomic E-state index is -0.128. The van der Waals surface area contributed by atoms with Crippen molar-refractivity contribution in [1.29, 1.82) is 0 Å². The first kappa shape index (κ1) is 21.8. The maximum absolute atomic E-state index is 14.3. The molecule has 2 aromatic heterocycles. The van der Waals surface area contributed by atoms with Gasteiger partial charge >= 0.3 is 0 Å². The van der Waals surface area contributed by atoms with Gasteiger partial charge in [0.2, 0.25) is 0 Å². The lowest BCUT2D eigenvalue weighted by Crippen LogP contribution is -2.21. The van der Waals surface area contributed by atoms with Crippen LogP contribution in [0.25, 0.3) is 5.82 Å². The minimum Gasteiger partial charge on any atom is -0.314 e. The Bertz CT molecular complexity index is 1030. The van der Waals surface area contributed by atoms with Crippen LogP contribution in [-0.4, -0.2) is 22.1 Å². The van der Waals surface area contributed by atoms with Crippen molar-refractivity contribution in [3.05, 3.63) is 82.1 Å². The number of aryl methyl sites for hydroxylation is 6. The van der Waals surface area contributed by atoms with Crippen LogP contribution in [0, 0.1) is 32.5 Å². The highest BCUT2D eigenvalue weighted by Gasteiger charge is 2.20. The molecule has 1 unspecified atom stereocenters. The molecule has 1 aliphatic heterocycles. The summed E-state index contributed by atoms with van der Waals surface area (Å²) in [5.41, 5.74) is 6.78. The molecule has 0 amide bonds. The second-order valence-electron chi connectivity index (χ2n) is 9.40. The zero-order valence-corrected chi connectivity index (χ0v) is 19.2. The molecule has 1 aromatic carbocycles. The van der Waals surface area contributed by atoms with E-state index in [-0.39, 0.29) is 5.82 Å². The largest absolute Gasteiger partial charge is 0.314 e. The number of hydrogen-bond acceptors (Lipinski definition) is 2. The van der Waals surface area contributed by atoms with Crippen LogP contribution in [0.5, 0.6) is 0 Å². The first-order chi connectivity index (χ1) is 14.9. The summed E-state index contributed by atoms with van der Waals surface area (Å²) >= 11 is 0. The van der Waals surface area contributed by atoms with Crippen molar-refractivity contribution in [3.63, 3.8) is 0 Å². The van der Waals surface area contributed by atoms with Gasteiger partial charge in [-0.15, -0.1) is 0 Å². The SMILES string of the molecule is Cc1cc(CCc2cc(F)cc(CCC3C[C@H](C)CN3)c2)nc(-n2c(C)ccc2C)c1. The third-order valence-corrected chi connectivity index (χ3v) is 6.42. The molecule has 3 nitrogen and oxygen atoms in total. The Labute approximate surface area is 185 Å². The van der Waals surface area contributed by atoms with Crippen molar-refractivity contribution in [2.24, 2.45) is 5.92 Å². The third-order valence-electron chi connectivity index (χ3n) is 6.42. The van der Waals surface area contributed by atoms with E-state index in [9.17, 15) is 4.39 Å². The number of rotatable bonds is 7. The second-order valence-corrected chi connectivity index (χ2v) is 9.40. The topological polar surface area (TPSA) is 29.9 Å². The van der Waals surface area contributed by atoms with Crippen molar-refractivity contribution in [3.8, 4) is 5.82 Å². The van der Waals surface area contributed by atoms with E-state index in [1.807, 2.05) is 0 Å². The smallest absolute Gasteiger partial charge is 0.137 e. The van der Waals surface area contributed by atoms with Gasteiger partial charge in [-0.05, 0) is 118 Å². The van der Waals surface area contributed by atoms with Gasteiger partial charge in [0.1, 0.15) is 11.6 Å². The van der Waals surface area contributed by atoms with E-state index in [4.69, 9.17) is 4.98 Å². The van der Waals surface area contributed by atoms with E-state index < -0.39 is 0 Å². The summed E-state index contributed by atoms with van der Waals surface area (Å²) < 4.78 is 16.5. The molecule has 4 rings (SSSR count). The van der Waals surface area contributed by atoms with Crippen LogP contribution in [0.15, 0.2) is 42.5 Å². The molecule has 0 saturated carbocycles. The summed E-state index contributed by atoms with van der Waals surface area (Å²) in [6.45, 7) is 9.71. The monoisotopic (exact) mass is 419 g/mol. The quantitative estimate of drug-likeness (QED) is 0.536. The fraction of sp³-hybridized carbons (Fsp3) is 0.444. The summed E-state index contributed by atoms with van der Waals surface area (Å²) in [7, 11) is 0. The van der Waals surface area contributed by atoms with E-state index >= 15 is 0 Å². The molecule has 1 fully saturated rings. The molecular weight excluding hydrogens is 385 g/mol. The molecule has 0 spiro atoms. The molecular formula is C27H34FN3. The molecule has 1 aliphatic rings. The molecule has 164 valence electrons. The normalized spacial score (nSPS) is 18.6. The molecule has 4 heteroatoms. The van der Waals surface area contributed by atoms with Gasteiger partial charge in [0.05, 0.1) is 0 Å². The number of nitrogens with one attached hydrogen (secondary N) is 1. The molecule has 1 N–H and O–H groups in total. The summed E-state index contributed by atoms with van der Waals surface area (Å²) in [5, 5.41) is 3.58. The van der Waals surface area contributed by atoms with Gasteiger partial charge in [-0.25, -0.2) is 9.37 Å². The summed E-state index contributed by atoms with van der Waals surface area (Å²) in [4.78, 5) is 4.91. The maximum Gasteiger partial charge on any atom is 0.137 e. The van der Waals surface area contributed by atoms with Gasteiger partial charge in [-0.1, -0.05) is 13.0 Å². The number of halogens is 1. The van der Waals surface area contributed by atoms with Crippen LogP contribution in [0.4, 0.5) is 4.39 Å². The van der Waals surface area contributed by atoms with Crippen molar-refractivity contribution in [2.45, 2.75) is 65.8 Å². The fourth-order valence-corrected chi connectivity index (χ4v) is 4.85. The molecule has 0 aliphatic carbocycles. The minimum absolute atomic E-state index is 0.128. The lowest BCUT2D eigenvalue weighted by molar-refractivity contribution is 0.542. The Morgan fingerprint density at radius 3 is 2.35 bits per heavy atom. The summed E-state index contributed by atoms with van der Waals surface area (Å²) in [6, 6.07) is 14.6. The number of aromatic nitrogens is 2. The highest BCUT2D eigenvalue weighted by Crippen LogP contribution is 2.20. The standard InChI is InChI=1S/C27H34FN3/c1-18-11-26(30-27(13-18)31-20(3)5-6-21(31)4)10-8-23-14-22(15-24(28)16-23)7-9-25-12-19(2)17-29-25/h5-6,11,13-16,19,25,29H,7-10,12,17H2,1-4H3/t19-,25?/m0/s1. The number of hydrogen-bond donors (Lipinski definition) is 1. The van der Waals surface area contributed by atoms with Crippen LogP contribution in [-0.2, 0) is 19.3 Å². The molecule has 3 aromatic rings. The molecule has 31 heavy (non-hydrogen) atoms. The Morgan fingerprint density at radius 1 is 0.968 bits per heavy atom. The fourth-order valence-electron chi connectivity index (χ4n) is 4.85. The summed E-state index contributed by atoms with van der Waals surface area (Å²) in [6.07, 6.45) is 4.82. The lowest BCUT2D eigenvalue weighted by atomic mass is 9.98. The predicted molar refractivity (Wildman–Crippen MR) is 125 cm³/mol. The molecule has 0 radical (unpaired) electrons. The first-order valence-corrected chi connectivity index (χ1v) is 11.5. The molecule has 1 saturated heterocycles.